The number of pyridine rings is 1. The summed E-state index contributed by atoms with van der Waals surface area (Å²) in [5.41, 5.74) is 2.29. The Morgan fingerprint density at radius 1 is 1.39 bits per heavy atom. The summed E-state index contributed by atoms with van der Waals surface area (Å²) in [5.74, 6) is 1.69. The molecule has 2 aromatic rings. The van der Waals surface area contributed by atoms with Gasteiger partial charge in [-0.2, -0.15) is 4.98 Å². The molecule has 0 spiro atoms. The zero-order valence-electron chi connectivity index (χ0n) is 10.1. The monoisotopic (exact) mass is 259 g/mol. The lowest BCUT2D eigenvalue weighted by molar-refractivity contribution is 0.325. The summed E-state index contributed by atoms with van der Waals surface area (Å²) in [6.45, 7) is 2.53. The minimum absolute atomic E-state index is 0.581. The zero-order valence-corrected chi connectivity index (χ0v) is 10.9. The summed E-state index contributed by atoms with van der Waals surface area (Å²) in [5, 5.41) is 0. The lowest BCUT2D eigenvalue weighted by atomic mass is 10.3. The zero-order chi connectivity index (χ0) is 12.4. The standard InChI is InChI=1S/C13H13N3OS/c1-2-17-13-11(10-6-4-8-18-10)15-9-5-3-7-14-12(9)16-13/h3,5-7H,2,4,8H2,1H3. The van der Waals surface area contributed by atoms with Crippen molar-refractivity contribution in [2.45, 2.75) is 13.3 Å². The third-order valence-electron chi connectivity index (χ3n) is 2.63. The molecular weight excluding hydrogens is 246 g/mol. The van der Waals surface area contributed by atoms with Gasteiger partial charge in [-0.3, -0.25) is 0 Å². The Kier molecular flexibility index (Phi) is 3.15. The topological polar surface area (TPSA) is 47.9 Å². The highest BCUT2D eigenvalue weighted by atomic mass is 32.2. The fourth-order valence-electron chi connectivity index (χ4n) is 1.86. The van der Waals surface area contributed by atoms with Gasteiger partial charge in [-0.15, -0.1) is 11.8 Å². The molecule has 0 saturated heterocycles. The van der Waals surface area contributed by atoms with Crippen LogP contribution in [0.25, 0.3) is 16.1 Å². The van der Waals surface area contributed by atoms with Crippen molar-refractivity contribution < 1.29 is 4.74 Å². The van der Waals surface area contributed by atoms with Crippen LogP contribution in [0.1, 0.15) is 19.0 Å². The van der Waals surface area contributed by atoms with Crippen LogP contribution in [0, 0.1) is 0 Å². The Morgan fingerprint density at radius 3 is 3.11 bits per heavy atom. The molecule has 1 aliphatic heterocycles. The maximum absolute atomic E-state index is 5.59. The van der Waals surface area contributed by atoms with E-state index in [-0.39, 0.29) is 0 Å². The van der Waals surface area contributed by atoms with Gasteiger partial charge in [0.15, 0.2) is 5.65 Å². The van der Waals surface area contributed by atoms with E-state index in [4.69, 9.17) is 4.74 Å². The van der Waals surface area contributed by atoms with Gasteiger partial charge in [-0.1, -0.05) is 6.08 Å². The molecule has 0 radical (unpaired) electrons. The van der Waals surface area contributed by atoms with Crippen LogP contribution >= 0.6 is 11.8 Å². The number of hydrogen-bond acceptors (Lipinski definition) is 5. The fourth-order valence-corrected chi connectivity index (χ4v) is 2.82. The SMILES string of the molecule is CCOc1nc2ncccc2nc1C1=CCCS1. The van der Waals surface area contributed by atoms with Crippen LogP contribution in [0.5, 0.6) is 5.88 Å². The second-order valence-corrected chi connectivity index (χ2v) is 5.00. The summed E-state index contributed by atoms with van der Waals surface area (Å²) in [7, 11) is 0. The first-order valence-electron chi connectivity index (χ1n) is 5.97. The van der Waals surface area contributed by atoms with E-state index >= 15 is 0 Å². The van der Waals surface area contributed by atoms with Crippen LogP contribution in [-0.4, -0.2) is 27.3 Å². The van der Waals surface area contributed by atoms with Crippen LogP contribution in [0.4, 0.5) is 0 Å². The number of hydrogen-bond donors (Lipinski definition) is 0. The molecule has 0 fully saturated rings. The molecule has 2 aromatic heterocycles. The Hall–Kier alpha value is -1.62. The minimum atomic E-state index is 0.581. The Labute approximate surface area is 110 Å². The van der Waals surface area contributed by atoms with Gasteiger partial charge in [-0.25, -0.2) is 9.97 Å². The Morgan fingerprint density at radius 2 is 2.33 bits per heavy atom. The molecule has 92 valence electrons. The number of allylic oxidation sites excluding steroid dienone is 1. The van der Waals surface area contributed by atoms with Gasteiger partial charge in [0.05, 0.1) is 6.61 Å². The molecular formula is C13H13N3OS. The third kappa shape index (κ3) is 2.06. The molecule has 1 aliphatic rings. The number of thioether (sulfide) groups is 1. The van der Waals surface area contributed by atoms with Crippen LogP contribution in [0.15, 0.2) is 24.4 Å². The highest BCUT2D eigenvalue weighted by Crippen LogP contribution is 2.37. The van der Waals surface area contributed by atoms with Crippen molar-refractivity contribution in [2.24, 2.45) is 0 Å². The number of fused-ring (bicyclic) bond motifs is 1. The van der Waals surface area contributed by atoms with E-state index in [1.54, 1.807) is 18.0 Å². The molecule has 0 saturated carbocycles. The smallest absolute Gasteiger partial charge is 0.243 e. The molecule has 0 aromatic carbocycles. The van der Waals surface area contributed by atoms with Crippen LogP contribution in [0.3, 0.4) is 0 Å². The van der Waals surface area contributed by atoms with E-state index < -0.39 is 0 Å². The van der Waals surface area contributed by atoms with E-state index in [0.29, 0.717) is 18.1 Å². The first kappa shape index (κ1) is 11.5. The molecule has 4 nitrogen and oxygen atoms in total. The molecule has 0 bridgehead atoms. The van der Waals surface area contributed by atoms with Gasteiger partial charge in [0.2, 0.25) is 5.88 Å². The minimum Gasteiger partial charge on any atom is -0.476 e. The van der Waals surface area contributed by atoms with Crippen molar-refractivity contribution in [1.29, 1.82) is 0 Å². The van der Waals surface area contributed by atoms with Crippen molar-refractivity contribution in [2.75, 3.05) is 12.4 Å². The van der Waals surface area contributed by atoms with Gasteiger partial charge in [0, 0.05) is 16.9 Å². The molecule has 5 heteroatoms. The molecule has 0 atom stereocenters. The Balaban J connectivity index is 2.17. The lowest BCUT2D eigenvalue weighted by Crippen LogP contribution is -2.02. The normalized spacial score (nSPS) is 14.8. The summed E-state index contributed by atoms with van der Waals surface area (Å²) in [4.78, 5) is 14.5. The van der Waals surface area contributed by atoms with Gasteiger partial charge < -0.3 is 4.74 Å². The van der Waals surface area contributed by atoms with E-state index in [0.717, 1.165) is 28.3 Å². The molecule has 0 aliphatic carbocycles. The van der Waals surface area contributed by atoms with Crippen LogP contribution < -0.4 is 4.74 Å². The lowest BCUT2D eigenvalue weighted by Gasteiger charge is -2.09. The number of rotatable bonds is 3. The van der Waals surface area contributed by atoms with Crippen LogP contribution in [-0.2, 0) is 0 Å². The summed E-state index contributed by atoms with van der Waals surface area (Å²) < 4.78 is 5.59. The molecule has 18 heavy (non-hydrogen) atoms. The molecule has 3 heterocycles. The number of nitrogens with zero attached hydrogens (tertiary/aromatic N) is 3. The summed E-state index contributed by atoms with van der Waals surface area (Å²) >= 11 is 1.80. The largest absolute Gasteiger partial charge is 0.476 e. The van der Waals surface area contributed by atoms with Crippen molar-refractivity contribution >= 4 is 27.8 Å². The molecule has 0 amide bonds. The maximum atomic E-state index is 5.59. The van der Waals surface area contributed by atoms with Crippen molar-refractivity contribution in [3.05, 3.63) is 30.1 Å². The first-order valence-corrected chi connectivity index (χ1v) is 6.96. The van der Waals surface area contributed by atoms with Gasteiger partial charge in [-0.05, 0) is 25.5 Å². The third-order valence-corrected chi connectivity index (χ3v) is 3.74. The summed E-state index contributed by atoms with van der Waals surface area (Å²) in [6, 6.07) is 3.80. The van der Waals surface area contributed by atoms with Crippen LogP contribution in [0.2, 0.25) is 0 Å². The van der Waals surface area contributed by atoms with Crippen molar-refractivity contribution in [1.82, 2.24) is 15.0 Å². The van der Waals surface area contributed by atoms with E-state index in [2.05, 4.69) is 21.0 Å². The predicted molar refractivity (Wildman–Crippen MR) is 73.6 cm³/mol. The molecule has 0 N–H and O–H groups in total. The average Bonchev–Trinajstić information content (AvgIpc) is 2.92. The van der Waals surface area contributed by atoms with Crippen molar-refractivity contribution in [3.8, 4) is 5.88 Å². The van der Waals surface area contributed by atoms with Gasteiger partial charge >= 0.3 is 0 Å². The fraction of sp³-hybridized carbons (Fsp3) is 0.308. The van der Waals surface area contributed by atoms with Crippen molar-refractivity contribution in [3.63, 3.8) is 0 Å². The predicted octanol–water partition coefficient (Wildman–Crippen LogP) is 2.90. The second kappa shape index (κ2) is 4.94. The maximum Gasteiger partial charge on any atom is 0.243 e. The molecule has 3 rings (SSSR count). The van der Waals surface area contributed by atoms with E-state index in [1.807, 2.05) is 19.1 Å². The van der Waals surface area contributed by atoms with E-state index in [9.17, 15) is 0 Å². The highest BCUT2D eigenvalue weighted by molar-refractivity contribution is 8.08. The van der Waals surface area contributed by atoms with Gasteiger partial charge in [0.1, 0.15) is 11.2 Å². The average molecular weight is 259 g/mol. The second-order valence-electron chi connectivity index (χ2n) is 3.86. The summed E-state index contributed by atoms with van der Waals surface area (Å²) in [6.07, 6.45) is 4.99. The molecule has 0 unspecified atom stereocenters. The quantitative estimate of drug-likeness (QED) is 0.848. The highest BCUT2D eigenvalue weighted by Gasteiger charge is 2.17. The Bertz CT molecular complexity index is 612. The van der Waals surface area contributed by atoms with Gasteiger partial charge in [0.25, 0.3) is 0 Å². The first-order chi connectivity index (χ1) is 8.88. The van der Waals surface area contributed by atoms with E-state index in [1.165, 1.54) is 0 Å². The number of ether oxygens (including phenoxy) is 1. The number of aromatic nitrogens is 3.